The second kappa shape index (κ2) is 28.0. The highest BCUT2D eigenvalue weighted by atomic mass is 16.8. The zero-order valence-electron chi connectivity index (χ0n) is 54.7. The van der Waals surface area contributed by atoms with Crippen molar-refractivity contribution < 1.29 is 154 Å². The summed E-state index contributed by atoms with van der Waals surface area (Å²) in [4.78, 5) is 15.2. The van der Waals surface area contributed by atoms with E-state index < -0.39 is 232 Å². The lowest BCUT2D eigenvalue weighted by Crippen LogP contribution is -2.67. The van der Waals surface area contributed by atoms with Crippen LogP contribution in [0.5, 0.6) is 0 Å². The molecule has 0 bridgehead atoms. The van der Waals surface area contributed by atoms with E-state index in [1.165, 1.54) is 6.92 Å². The Balaban J connectivity index is 0.765. The van der Waals surface area contributed by atoms with Crippen molar-refractivity contribution in [3.63, 3.8) is 0 Å². The van der Waals surface area contributed by atoms with Crippen molar-refractivity contribution in [2.75, 3.05) is 39.6 Å². The van der Waals surface area contributed by atoms with E-state index in [-0.39, 0.29) is 41.8 Å². The van der Waals surface area contributed by atoms with E-state index in [2.05, 4.69) is 40.7 Å². The van der Waals surface area contributed by atoms with E-state index in [9.17, 15) is 91.9 Å². The standard InChI is InChI=1S/C64H104O31/c1-25-36(69)50(93-53-45(78)41(74)32(23-86-53)90-54-47(80)43(76)39(72)30(20-66)89-54)49(82)56(87-25)94-51-37(70)28(68)21-84-57(51)92-35-11-12-60(4)33(61(35,5)24-67)10-13-63(7)34(60)9-8-26-27-18-59(2,3)14-16-64(27,17-15-62(26,63)6)58(83)95-55-48(81)44(77)40(73)31(91-55)22-85-52-46(79)42(75)38(71)29(19-65)88-52/h8,25,27-57,65-82H,9-24H2,1-7H3/t25-,27-,28-,29+,30+,31+,32+,33+,34+,35-,36-,37-,38+,39+,40+,41-,42-,43-,44-,45+,46+,47+,48+,49+,50+,51+,52+,53-,54-,55-,56-,57-,60-,61-,62+,63+,64-/m0/s1. The number of hydrogen-bond acceptors (Lipinski definition) is 31. The molecule has 37 atom stereocenters. The first-order chi connectivity index (χ1) is 44.6. The smallest absolute Gasteiger partial charge is 0.315 e. The van der Waals surface area contributed by atoms with Gasteiger partial charge in [-0.3, -0.25) is 4.79 Å². The fraction of sp³-hybridized carbons (Fsp3) is 0.953. The average Bonchev–Trinajstić information content (AvgIpc) is 0.675. The van der Waals surface area contributed by atoms with Gasteiger partial charge in [-0.05, 0) is 111 Å². The van der Waals surface area contributed by atoms with Gasteiger partial charge in [0.15, 0.2) is 31.5 Å². The normalized spacial score (nSPS) is 54.8. The molecule has 546 valence electrons. The van der Waals surface area contributed by atoms with Gasteiger partial charge in [0.05, 0.1) is 57.3 Å². The van der Waals surface area contributed by atoms with Crippen LogP contribution in [-0.2, 0) is 61.6 Å². The molecule has 95 heavy (non-hydrogen) atoms. The molecular weight excluding hydrogens is 1260 g/mol. The molecule has 6 aliphatic heterocycles. The summed E-state index contributed by atoms with van der Waals surface area (Å²) in [6, 6.07) is 0. The summed E-state index contributed by atoms with van der Waals surface area (Å²) in [5.74, 6) is -1.00. The average molecular weight is 1370 g/mol. The van der Waals surface area contributed by atoms with Gasteiger partial charge in [-0.1, -0.05) is 53.2 Å². The van der Waals surface area contributed by atoms with Crippen LogP contribution in [0.25, 0.3) is 0 Å². The molecule has 6 saturated heterocycles. The minimum atomic E-state index is -1.93. The number of carbonyl (C=O) groups is 1. The highest BCUT2D eigenvalue weighted by Crippen LogP contribution is 2.76. The van der Waals surface area contributed by atoms with Gasteiger partial charge in [0.2, 0.25) is 6.29 Å². The van der Waals surface area contributed by atoms with Crippen molar-refractivity contribution in [3.05, 3.63) is 11.6 Å². The summed E-state index contributed by atoms with van der Waals surface area (Å²) in [6.45, 7) is 11.4. The number of esters is 1. The highest BCUT2D eigenvalue weighted by Gasteiger charge is 2.71. The summed E-state index contributed by atoms with van der Waals surface area (Å²) < 4.78 is 71.1. The Morgan fingerprint density at radius 3 is 1.74 bits per heavy atom. The first-order valence-electron chi connectivity index (χ1n) is 33.7. The Labute approximate surface area is 550 Å². The van der Waals surface area contributed by atoms with Crippen LogP contribution in [0.2, 0.25) is 0 Å². The van der Waals surface area contributed by atoms with Crippen LogP contribution in [0.1, 0.15) is 113 Å². The first-order valence-corrected chi connectivity index (χ1v) is 33.7. The largest absolute Gasteiger partial charge is 0.432 e. The monoisotopic (exact) mass is 1370 g/mol. The number of allylic oxidation sites excluding steroid dienone is 2. The summed E-state index contributed by atoms with van der Waals surface area (Å²) in [5.41, 5.74) is -2.21. The van der Waals surface area contributed by atoms with Crippen molar-refractivity contribution in [2.24, 2.45) is 50.2 Å². The summed E-state index contributed by atoms with van der Waals surface area (Å²) in [5, 5.41) is 195. The van der Waals surface area contributed by atoms with Crippen LogP contribution in [-0.4, -0.2) is 316 Å². The van der Waals surface area contributed by atoms with Crippen molar-refractivity contribution in [2.45, 2.75) is 291 Å². The maximum absolute atomic E-state index is 15.2. The molecule has 6 heterocycles. The van der Waals surface area contributed by atoms with Gasteiger partial charge < -0.3 is 149 Å². The van der Waals surface area contributed by atoms with Gasteiger partial charge in [0.1, 0.15) is 128 Å². The van der Waals surface area contributed by atoms with E-state index in [1.54, 1.807) is 0 Å². The molecule has 0 amide bonds. The predicted octanol–water partition coefficient (Wildman–Crippen LogP) is -5.11. The number of hydrogen-bond donors (Lipinski definition) is 18. The van der Waals surface area contributed by atoms with Gasteiger partial charge in [-0.25, -0.2) is 0 Å². The van der Waals surface area contributed by atoms with Gasteiger partial charge >= 0.3 is 5.97 Å². The SMILES string of the molecule is C[C@@H]1O[C@@H](O[C@H]2[C@H](O[C@H]3CC[C@@]4(C)[C@@H](CC[C@]5(C)[C@@H]4CC=C4[C@@H]6CC(C)(C)CC[C@]6(C(=O)O[C@@H]6O[C@H](CO[C@@H]7O[C@H](CO)[C@@H](O)[C@H](O)[C@H]7O)[C@@H](O)[C@H](O)[C@H]6O)CC[C@]45C)[C@]3(C)CO)OC[C@H](O)[C@@H]2O)[C@H](O)[C@H](O[C@@H]2OC[C@@H](O[C@@H]3O[C@H](CO)[C@@H](O)[C@H](O)[C@H]3O)[C@H](O)[C@H]2O)[C@H]1O. The number of aliphatic hydroxyl groups is 18. The van der Waals surface area contributed by atoms with E-state index >= 15 is 4.79 Å². The topological polar surface area (TPSA) is 492 Å². The first kappa shape index (κ1) is 74.2. The predicted molar refractivity (Wildman–Crippen MR) is 316 cm³/mol. The van der Waals surface area contributed by atoms with Crippen LogP contribution < -0.4 is 0 Å². The van der Waals surface area contributed by atoms with E-state index in [1.807, 2.05) is 6.92 Å². The molecule has 5 aliphatic carbocycles. The number of ether oxygens (including phenoxy) is 12. The molecule has 18 N–H and O–H groups in total. The van der Waals surface area contributed by atoms with Gasteiger partial charge in [-0.15, -0.1) is 0 Å². The molecule has 0 spiro atoms. The number of carbonyl (C=O) groups excluding carboxylic acids is 1. The van der Waals surface area contributed by atoms with Gasteiger partial charge in [-0.2, -0.15) is 0 Å². The van der Waals surface area contributed by atoms with Crippen molar-refractivity contribution in [1.82, 2.24) is 0 Å². The van der Waals surface area contributed by atoms with Crippen LogP contribution in [0.15, 0.2) is 11.6 Å². The summed E-state index contributed by atoms with van der Waals surface area (Å²) in [6.07, 6.45) is -38.8. The Kier molecular flexibility index (Phi) is 21.9. The third-order valence-electron chi connectivity index (χ3n) is 25.0. The Bertz CT molecular complexity index is 2660. The molecule has 4 saturated carbocycles. The van der Waals surface area contributed by atoms with Crippen LogP contribution in [0.3, 0.4) is 0 Å². The molecule has 11 rings (SSSR count). The quantitative estimate of drug-likeness (QED) is 0.0390. The molecule has 31 nitrogen and oxygen atoms in total. The highest BCUT2D eigenvalue weighted by molar-refractivity contribution is 5.79. The number of aliphatic hydroxyl groups excluding tert-OH is 18. The molecule has 10 fully saturated rings. The van der Waals surface area contributed by atoms with Gasteiger partial charge in [0, 0.05) is 5.41 Å². The third kappa shape index (κ3) is 12.8. The second-order valence-corrected chi connectivity index (χ2v) is 30.9. The molecule has 0 aromatic rings. The lowest BCUT2D eigenvalue weighted by atomic mass is 9.33. The van der Waals surface area contributed by atoms with E-state index in [0.717, 1.165) is 12.0 Å². The van der Waals surface area contributed by atoms with E-state index in [4.69, 9.17) is 56.8 Å². The maximum atomic E-state index is 15.2. The zero-order chi connectivity index (χ0) is 69.1. The lowest BCUT2D eigenvalue weighted by molar-refractivity contribution is -0.383. The Hall–Kier alpha value is -1.95. The molecule has 31 heteroatoms. The Morgan fingerprint density at radius 1 is 0.516 bits per heavy atom. The summed E-state index contributed by atoms with van der Waals surface area (Å²) >= 11 is 0. The molecule has 0 aromatic heterocycles. The Morgan fingerprint density at radius 2 is 1.08 bits per heavy atom. The maximum Gasteiger partial charge on any atom is 0.315 e. The fourth-order valence-corrected chi connectivity index (χ4v) is 18.7. The minimum absolute atomic E-state index is 0.0669. The molecule has 0 unspecified atom stereocenters. The van der Waals surface area contributed by atoms with Crippen LogP contribution in [0.4, 0.5) is 0 Å². The van der Waals surface area contributed by atoms with Crippen molar-refractivity contribution in [1.29, 1.82) is 0 Å². The molecule has 0 radical (unpaired) electrons. The van der Waals surface area contributed by atoms with Gasteiger partial charge in [0.25, 0.3) is 0 Å². The summed E-state index contributed by atoms with van der Waals surface area (Å²) in [7, 11) is 0. The lowest BCUT2D eigenvalue weighted by Gasteiger charge is -2.71. The zero-order valence-corrected chi connectivity index (χ0v) is 54.7. The van der Waals surface area contributed by atoms with Crippen LogP contribution >= 0.6 is 0 Å². The van der Waals surface area contributed by atoms with Crippen LogP contribution in [0, 0.1) is 50.2 Å². The molecule has 11 aliphatic rings. The number of fused-ring (bicyclic) bond motifs is 7. The number of rotatable bonds is 16. The third-order valence-corrected chi connectivity index (χ3v) is 25.0. The second-order valence-electron chi connectivity index (χ2n) is 30.9. The van der Waals surface area contributed by atoms with E-state index in [0.29, 0.717) is 57.8 Å². The molecule has 0 aromatic carbocycles. The van der Waals surface area contributed by atoms with Crippen molar-refractivity contribution in [3.8, 4) is 0 Å². The molecular formula is C64H104O31. The fourth-order valence-electron chi connectivity index (χ4n) is 18.7. The van der Waals surface area contributed by atoms with Crippen molar-refractivity contribution >= 4 is 5.97 Å². The minimum Gasteiger partial charge on any atom is -0.432 e.